The Morgan fingerprint density at radius 2 is 1.83 bits per heavy atom. The van der Waals surface area contributed by atoms with Crippen molar-refractivity contribution in [3.8, 4) is 34.0 Å². The standard InChI is InChI=1S/C21H15FN4O4/c22-11-2-4-17(27)12(8-11)10-5-13(18(28)14(6-10)21(29)30)20-25-15-3-1-9(19(23)24)7-16(15)26-20/h1-8,27-28H,(H3,23,24)(H,25,26)(H,29,30). The molecule has 0 fully saturated rings. The Hall–Kier alpha value is -4.40. The molecule has 7 N–H and O–H groups in total. The molecule has 0 aliphatic rings. The lowest BCUT2D eigenvalue weighted by Gasteiger charge is -2.11. The first kappa shape index (κ1) is 18.9. The van der Waals surface area contributed by atoms with Crippen LogP contribution in [0.5, 0.6) is 11.5 Å². The van der Waals surface area contributed by atoms with Crippen LogP contribution in [0.1, 0.15) is 15.9 Å². The molecular formula is C21H15FN4O4. The van der Waals surface area contributed by atoms with E-state index in [2.05, 4.69) is 9.97 Å². The normalized spacial score (nSPS) is 11.0. The number of carboxylic acid groups (broad SMARTS) is 1. The molecule has 0 saturated carbocycles. The van der Waals surface area contributed by atoms with Crippen molar-refractivity contribution in [2.75, 3.05) is 0 Å². The second kappa shape index (κ2) is 6.89. The number of nitrogens with zero attached hydrogens (tertiary/aromatic N) is 1. The summed E-state index contributed by atoms with van der Waals surface area (Å²) >= 11 is 0. The number of fused-ring (bicyclic) bond motifs is 1. The number of aromatic amines is 1. The van der Waals surface area contributed by atoms with Crippen LogP contribution in [-0.4, -0.2) is 37.1 Å². The lowest BCUT2D eigenvalue weighted by molar-refractivity contribution is 0.0694. The van der Waals surface area contributed by atoms with E-state index in [1.807, 2.05) is 0 Å². The summed E-state index contributed by atoms with van der Waals surface area (Å²) < 4.78 is 13.7. The fourth-order valence-electron chi connectivity index (χ4n) is 3.18. The Labute approximate surface area is 168 Å². The average Bonchev–Trinajstić information content (AvgIpc) is 3.12. The SMILES string of the molecule is N=C(N)c1ccc2nc(-c3cc(-c4cc(F)ccc4O)cc(C(=O)O)c3O)[nH]c2c1. The molecule has 0 bridgehead atoms. The molecule has 0 amide bonds. The second-order valence-electron chi connectivity index (χ2n) is 6.62. The van der Waals surface area contributed by atoms with Crippen LogP contribution in [0.3, 0.4) is 0 Å². The largest absolute Gasteiger partial charge is 0.507 e. The van der Waals surface area contributed by atoms with E-state index >= 15 is 0 Å². The van der Waals surface area contributed by atoms with E-state index in [0.717, 1.165) is 24.3 Å². The molecule has 9 heteroatoms. The maximum atomic E-state index is 13.7. The molecule has 1 aromatic heterocycles. The quantitative estimate of drug-likeness (QED) is 0.225. The van der Waals surface area contributed by atoms with Crippen molar-refractivity contribution >= 4 is 22.8 Å². The molecule has 1 heterocycles. The monoisotopic (exact) mass is 406 g/mol. The minimum absolute atomic E-state index is 0.0501. The Morgan fingerprint density at radius 1 is 1.07 bits per heavy atom. The molecule has 150 valence electrons. The van der Waals surface area contributed by atoms with Gasteiger partial charge in [0.15, 0.2) is 0 Å². The van der Waals surface area contributed by atoms with Crippen LogP contribution in [0, 0.1) is 11.2 Å². The minimum atomic E-state index is -1.40. The maximum Gasteiger partial charge on any atom is 0.339 e. The summed E-state index contributed by atoms with van der Waals surface area (Å²) in [5.74, 6) is -2.78. The predicted octanol–water partition coefficient (Wildman–Crippen LogP) is 3.43. The van der Waals surface area contributed by atoms with Gasteiger partial charge in [0.05, 0.1) is 16.6 Å². The minimum Gasteiger partial charge on any atom is -0.507 e. The van der Waals surface area contributed by atoms with Gasteiger partial charge in [0.1, 0.15) is 34.5 Å². The lowest BCUT2D eigenvalue weighted by atomic mass is 9.97. The zero-order valence-corrected chi connectivity index (χ0v) is 15.3. The summed E-state index contributed by atoms with van der Waals surface area (Å²) in [6.07, 6.45) is 0. The highest BCUT2D eigenvalue weighted by atomic mass is 19.1. The van der Waals surface area contributed by atoms with E-state index in [1.54, 1.807) is 18.2 Å². The van der Waals surface area contributed by atoms with Crippen LogP contribution in [0.4, 0.5) is 4.39 Å². The van der Waals surface area contributed by atoms with E-state index in [4.69, 9.17) is 11.1 Å². The van der Waals surface area contributed by atoms with E-state index in [-0.39, 0.29) is 34.1 Å². The van der Waals surface area contributed by atoms with Crippen LogP contribution >= 0.6 is 0 Å². The number of H-pyrrole nitrogens is 1. The van der Waals surface area contributed by atoms with E-state index < -0.39 is 23.1 Å². The number of amidine groups is 1. The number of hydrogen-bond donors (Lipinski definition) is 6. The van der Waals surface area contributed by atoms with Crippen LogP contribution in [0.25, 0.3) is 33.5 Å². The van der Waals surface area contributed by atoms with Gasteiger partial charge in [-0.05, 0) is 54.1 Å². The number of aromatic hydroxyl groups is 2. The summed E-state index contributed by atoms with van der Waals surface area (Å²) in [6.45, 7) is 0. The molecule has 0 aliphatic carbocycles. The van der Waals surface area contributed by atoms with Gasteiger partial charge < -0.3 is 26.0 Å². The molecule has 8 nitrogen and oxygen atoms in total. The fourth-order valence-corrected chi connectivity index (χ4v) is 3.18. The number of halogens is 1. The molecule has 4 rings (SSSR count). The number of nitrogen functional groups attached to an aromatic ring is 1. The van der Waals surface area contributed by atoms with Crippen molar-refractivity contribution in [2.24, 2.45) is 5.73 Å². The average molecular weight is 406 g/mol. The Kier molecular flexibility index (Phi) is 4.35. The van der Waals surface area contributed by atoms with Gasteiger partial charge in [0.25, 0.3) is 0 Å². The first-order chi connectivity index (χ1) is 14.2. The first-order valence-corrected chi connectivity index (χ1v) is 8.68. The highest BCUT2D eigenvalue weighted by Gasteiger charge is 2.21. The van der Waals surface area contributed by atoms with Gasteiger partial charge in [0, 0.05) is 11.1 Å². The number of benzene rings is 3. The fraction of sp³-hybridized carbons (Fsp3) is 0. The van der Waals surface area contributed by atoms with Crippen molar-refractivity contribution in [3.63, 3.8) is 0 Å². The van der Waals surface area contributed by atoms with Crippen LogP contribution in [0.2, 0.25) is 0 Å². The highest BCUT2D eigenvalue weighted by Crippen LogP contribution is 2.39. The van der Waals surface area contributed by atoms with Gasteiger partial charge in [-0.3, -0.25) is 5.41 Å². The maximum absolute atomic E-state index is 13.7. The number of hydrogen-bond acceptors (Lipinski definition) is 5. The molecular weight excluding hydrogens is 391 g/mol. The van der Waals surface area contributed by atoms with E-state index in [9.17, 15) is 24.5 Å². The summed E-state index contributed by atoms with van der Waals surface area (Å²) in [5, 5.41) is 37.7. The molecule has 0 unspecified atom stereocenters. The van der Waals surface area contributed by atoms with Crippen LogP contribution < -0.4 is 5.73 Å². The zero-order chi connectivity index (χ0) is 21.6. The third-order valence-electron chi connectivity index (χ3n) is 4.66. The molecule has 0 spiro atoms. The number of imidazole rings is 1. The van der Waals surface area contributed by atoms with E-state index in [1.165, 1.54) is 6.07 Å². The van der Waals surface area contributed by atoms with Crippen LogP contribution in [0.15, 0.2) is 48.5 Å². The van der Waals surface area contributed by atoms with Crippen molar-refractivity contribution in [1.29, 1.82) is 5.41 Å². The molecule has 0 aliphatic heterocycles. The number of aromatic carboxylic acids is 1. The lowest BCUT2D eigenvalue weighted by Crippen LogP contribution is -2.10. The third-order valence-corrected chi connectivity index (χ3v) is 4.66. The number of carbonyl (C=O) groups is 1. The first-order valence-electron chi connectivity index (χ1n) is 8.68. The molecule has 0 radical (unpaired) electrons. The molecule has 0 atom stereocenters. The molecule has 4 aromatic rings. The predicted molar refractivity (Wildman–Crippen MR) is 108 cm³/mol. The Balaban J connectivity index is 1.96. The molecule has 30 heavy (non-hydrogen) atoms. The van der Waals surface area contributed by atoms with Gasteiger partial charge in [-0.15, -0.1) is 0 Å². The smallest absolute Gasteiger partial charge is 0.339 e. The summed E-state index contributed by atoms with van der Waals surface area (Å²) in [5.41, 5.74) is 6.85. The topological polar surface area (TPSA) is 156 Å². The number of phenolic OH excluding ortho intramolecular Hbond substituents is 1. The Morgan fingerprint density at radius 3 is 2.53 bits per heavy atom. The van der Waals surface area contributed by atoms with Gasteiger partial charge in [0.2, 0.25) is 0 Å². The van der Waals surface area contributed by atoms with Gasteiger partial charge >= 0.3 is 5.97 Å². The molecule has 3 aromatic carbocycles. The third kappa shape index (κ3) is 3.18. The summed E-state index contributed by atoms with van der Waals surface area (Å²) in [6, 6.07) is 10.7. The van der Waals surface area contributed by atoms with Crippen molar-refractivity contribution in [3.05, 3.63) is 65.5 Å². The highest BCUT2D eigenvalue weighted by molar-refractivity contribution is 5.99. The zero-order valence-electron chi connectivity index (χ0n) is 15.3. The van der Waals surface area contributed by atoms with Gasteiger partial charge in [-0.1, -0.05) is 0 Å². The summed E-state index contributed by atoms with van der Waals surface area (Å²) in [4.78, 5) is 19.0. The van der Waals surface area contributed by atoms with Gasteiger partial charge in [-0.2, -0.15) is 0 Å². The Bertz CT molecular complexity index is 1350. The number of aromatic nitrogens is 2. The number of nitrogens with two attached hydrogens (primary N) is 1. The number of nitrogens with one attached hydrogen (secondary N) is 2. The number of phenols is 2. The van der Waals surface area contributed by atoms with Crippen molar-refractivity contribution in [1.82, 2.24) is 9.97 Å². The van der Waals surface area contributed by atoms with Gasteiger partial charge in [-0.25, -0.2) is 14.2 Å². The number of rotatable bonds is 4. The summed E-state index contributed by atoms with van der Waals surface area (Å²) in [7, 11) is 0. The molecule has 0 saturated heterocycles. The number of carboxylic acids is 1. The second-order valence-corrected chi connectivity index (χ2v) is 6.62. The van der Waals surface area contributed by atoms with Crippen molar-refractivity contribution in [2.45, 2.75) is 0 Å². The van der Waals surface area contributed by atoms with Crippen molar-refractivity contribution < 1.29 is 24.5 Å². The van der Waals surface area contributed by atoms with E-state index in [0.29, 0.717) is 16.6 Å². The van der Waals surface area contributed by atoms with Crippen LogP contribution in [-0.2, 0) is 0 Å².